The molecule has 2 fully saturated rings. The number of carbonyl (C=O) groups is 2. The van der Waals surface area contributed by atoms with Gasteiger partial charge < -0.3 is 15.2 Å². The van der Waals surface area contributed by atoms with Gasteiger partial charge in [-0.1, -0.05) is 25.3 Å². The van der Waals surface area contributed by atoms with Crippen LogP contribution in [0, 0.1) is 0 Å². The SMILES string of the molecule is O=C(NCC1(c2cccs2)CCCCC1)[C@@H]1CC[C@H](C(=O)O)O1. The molecule has 2 aliphatic rings. The summed E-state index contributed by atoms with van der Waals surface area (Å²) in [6.45, 7) is 0.615. The molecule has 1 saturated carbocycles. The Bertz CT molecular complexity index is 551. The van der Waals surface area contributed by atoms with Gasteiger partial charge >= 0.3 is 5.97 Å². The fraction of sp³-hybridized carbons (Fsp3) is 0.647. The Morgan fingerprint density at radius 3 is 2.61 bits per heavy atom. The van der Waals surface area contributed by atoms with Gasteiger partial charge in [-0.05, 0) is 37.1 Å². The van der Waals surface area contributed by atoms with E-state index in [1.54, 1.807) is 11.3 Å². The molecule has 1 saturated heterocycles. The molecule has 23 heavy (non-hydrogen) atoms. The molecular weight excluding hydrogens is 314 g/mol. The van der Waals surface area contributed by atoms with Gasteiger partial charge in [0, 0.05) is 16.8 Å². The van der Waals surface area contributed by atoms with Crippen LogP contribution in [-0.4, -0.2) is 35.7 Å². The summed E-state index contributed by atoms with van der Waals surface area (Å²) in [5, 5.41) is 14.1. The maximum atomic E-state index is 12.3. The van der Waals surface area contributed by atoms with Crippen molar-refractivity contribution in [3.63, 3.8) is 0 Å². The summed E-state index contributed by atoms with van der Waals surface area (Å²) in [5.74, 6) is -1.15. The highest BCUT2D eigenvalue weighted by Crippen LogP contribution is 2.41. The second kappa shape index (κ2) is 7.01. The first kappa shape index (κ1) is 16.5. The largest absolute Gasteiger partial charge is 0.479 e. The minimum absolute atomic E-state index is 0.0346. The van der Waals surface area contributed by atoms with Gasteiger partial charge in [-0.15, -0.1) is 11.3 Å². The summed E-state index contributed by atoms with van der Waals surface area (Å²) in [7, 11) is 0. The smallest absolute Gasteiger partial charge is 0.332 e. The molecule has 5 nitrogen and oxygen atoms in total. The van der Waals surface area contributed by atoms with E-state index >= 15 is 0 Å². The van der Waals surface area contributed by atoms with Gasteiger partial charge in [-0.25, -0.2) is 4.79 Å². The van der Waals surface area contributed by atoms with E-state index in [0.29, 0.717) is 19.4 Å². The maximum Gasteiger partial charge on any atom is 0.332 e. The van der Waals surface area contributed by atoms with Crippen molar-refractivity contribution >= 4 is 23.2 Å². The van der Waals surface area contributed by atoms with Crippen LogP contribution in [0.4, 0.5) is 0 Å². The number of ether oxygens (including phenoxy) is 1. The molecule has 2 heterocycles. The van der Waals surface area contributed by atoms with E-state index in [4.69, 9.17) is 9.84 Å². The Morgan fingerprint density at radius 1 is 1.26 bits per heavy atom. The third kappa shape index (κ3) is 3.58. The number of rotatable bonds is 5. The number of carboxylic acids is 1. The molecule has 2 atom stereocenters. The summed E-state index contributed by atoms with van der Waals surface area (Å²) in [6.07, 6.45) is 5.25. The molecular formula is C17H23NO4S. The lowest BCUT2D eigenvalue weighted by atomic mass is 9.73. The molecule has 0 bridgehead atoms. The Morgan fingerprint density at radius 2 is 2.00 bits per heavy atom. The third-order valence-electron chi connectivity index (χ3n) is 5.04. The molecule has 3 rings (SSSR count). The van der Waals surface area contributed by atoms with Crippen molar-refractivity contribution in [1.29, 1.82) is 0 Å². The number of hydrogen-bond acceptors (Lipinski definition) is 4. The van der Waals surface area contributed by atoms with Crippen molar-refractivity contribution in [2.24, 2.45) is 0 Å². The van der Waals surface area contributed by atoms with Crippen LogP contribution < -0.4 is 5.32 Å². The van der Waals surface area contributed by atoms with Crippen LogP contribution in [0.3, 0.4) is 0 Å². The molecule has 2 N–H and O–H groups in total. The minimum Gasteiger partial charge on any atom is -0.479 e. The Hall–Kier alpha value is -1.40. The van der Waals surface area contributed by atoms with Crippen LogP contribution in [0.5, 0.6) is 0 Å². The van der Waals surface area contributed by atoms with Crippen LogP contribution in [0.1, 0.15) is 49.8 Å². The predicted molar refractivity (Wildman–Crippen MR) is 87.6 cm³/mol. The summed E-state index contributed by atoms with van der Waals surface area (Å²) >= 11 is 1.76. The third-order valence-corrected chi connectivity index (χ3v) is 6.16. The van der Waals surface area contributed by atoms with Gasteiger partial charge in [0.1, 0.15) is 6.10 Å². The monoisotopic (exact) mass is 337 g/mol. The number of hydrogen-bond donors (Lipinski definition) is 2. The highest BCUT2D eigenvalue weighted by atomic mass is 32.1. The molecule has 0 unspecified atom stereocenters. The highest BCUT2D eigenvalue weighted by molar-refractivity contribution is 7.10. The van der Waals surface area contributed by atoms with E-state index in [0.717, 1.165) is 12.8 Å². The van der Waals surface area contributed by atoms with Gasteiger partial charge in [-0.2, -0.15) is 0 Å². The summed E-state index contributed by atoms with van der Waals surface area (Å²) < 4.78 is 5.34. The number of aliphatic carboxylic acids is 1. The Labute approximate surface area is 140 Å². The quantitative estimate of drug-likeness (QED) is 0.866. The molecule has 0 aromatic carbocycles. The zero-order chi connectivity index (χ0) is 16.3. The zero-order valence-corrected chi connectivity index (χ0v) is 13.9. The van der Waals surface area contributed by atoms with Crippen LogP contribution in [0.25, 0.3) is 0 Å². The van der Waals surface area contributed by atoms with E-state index in [1.165, 1.54) is 24.1 Å². The van der Waals surface area contributed by atoms with E-state index in [1.807, 2.05) is 0 Å². The van der Waals surface area contributed by atoms with Crippen LogP contribution in [0.15, 0.2) is 17.5 Å². The van der Waals surface area contributed by atoms with Crippen LogP contribution in [0.2, 0.25) is 0 Å². The van der Waals surface area contributed by atoms with Crippen LogP contribution in [-0.2, 0) is 19.7 Å². The minimum atomic E-state index is -0.984. The fourth-order valence-electron chi connectivity index (χ4n) is 3.70. The van der Waals surface area contributed by atoms with Gasteiger partial charge in [0.15, 0.2) is 6.10 Å². The zero-order valence-electron chi connectivity index (χ0n) is 13.1. The first-order chi connectivity index (χ1) is 11.1. The Balaban J connectivity index is 1.61. The van der Waals surface area contributed by atoms with E-state index in [-0.39, 0.29) is 11.3 Å². The van der Waals surface area contributed by atoms with Crippen molar-refractivity contribution in [2.75, 3.05) is 6.54 Å². The number of carbonyl (C=O) groups excluding carboxylic acids is 1. The average molecular weight is 337 g/mol. The molecule has 6 heteroatoms. The second-order valence-corrected chi connectivity index (χ2v) is 7.51. The molecule has 0 spiro atoms. The molecule has 126 valence electrons. The number of amides is 1. The van der Waals surface area contributed by atoms with Crippen molar-refractivity contribution in [3.05, 3.63) is 22.4 Å². The van der Waals surface area contributed by atoms with Crippen molar-refractivity contribution in [3.8, 4) is 0 Å². The lowest BCUT2D eigenvalue weighted by Crippen LogP contribution is -2.45. The lowest BCUT2D eigenvalue weighted by molar-refractivity contribution is -0.151. The van der Waals surface area contributed by atoms with Crippen molar-refractivity contribution < 1.29 is 19.4 Å². The van der Waals surface area contributed by atoms with E-state index < -0.39 is 18.2 Å². The van der Waals surface area contributed by atoms with Gasteiger partial charge in [0.2, 0.25) is 5.91 Å². The van der Waals surface area contributed by atoms with Crippen molar-refractivity contribution in [1.82, 2.24) is 5.32 Å². The fourth-order valence-corrected chi connectivity index (χ4v) is 4.69. The topological polar surface area (TPSA) is 75.6 Å². The van der Waals surface area contributed by atoms with Gasteiger partial charge in [0.05, 0.1) is 0 Å². The average Bonchev–Trinajstić information content (AvgIpc) is 3.25. The molecule has 0 radical (unpaired) electrons. The molecule has 1 amide bonds. The van der Waals surface area contributed by atoms with E-state index in [2.05, 4.69) is 22.8 Å². The first-order valence-electron chi connectivity index (χ1n) is 8.31. The van der Waals surface area contributed by atoms with Gasteiger partial charge in [-0.3, -0.25) is 4.79 Å². The summed E-state index contributed by atoms with van der Waals surface area (Å²) in [6, 6.07) is 4.23. The molecule has 1 aromatic heterocycles. The number of carboxylic acid groups (broad SMARTS) is 1. The Kier molecular flexibility index (Phi) is 5.02. The first-order valence-corrected chi connectivity index (χ1v) is 9.19. The highest BCUT2D eigenvalue weighted by Gasteiger charge is 2.38. The molecule has 1 aliphatic carbocycles. The summed E-state index contributed by atoms with van der Waals surface area (Å²) in [4.78, 5) is 24.6. The van der Waals surface area contributed by atoms with Gasteiger partial charge in [0.25, 0.3) is 0 Å². The lowest BCUT2D eigenvalue weighted by Gasteiger charge is -2.37. The predicted octanol–water partition coefficient (Wildman–Crippen LogP) is 2.70. The van der Waals surface area contributed by atoms with Crippen LogP contribution >= 0.6 is 11.3 Å². The standard InChI is InChI=1S/C17H23NO4S/c19-15(12-6-7-13(22-12)16(20)21)18-11-17(8-2-1-3-9-17)14-5-4-10-23-14/h4-5,10,12-13H,1-3,6-9,11H2,(H,18,19)(H,20,21)/t12-,13+/m0/s1. The number of thiophene rings is 1. The van der Waals surface area contributed by atoms with E-state index in [9.17, 15) is 9.59 Å². The second-order valence-electron chi connectivity index (χ2n) is 6.57. The summed E-state index contributed by atoms with van der Waals surface area (Å²) in [5.41, 5.74) is 0.0346. The normalized spacial score (nSPS) is 26.8. The molecule has 1 aromatic rings. The molecule has 1 aliphatic heterocycles. The van der Waals surface area contributed by atoms with Crippen molar-refractivity contribution in [2.45, 2.75) is 62.6 Å². The maximum absolute atomic E-state index is 12.3. The number of nitrogens with one attached hydrogen (secondary N) is 1.